The van der Waals surface area contributed by atoms with Crippen molar-refractivity contribution in [3.05, 3.63) is 0 Å². The van der Waals surface area contributed by atoms with Gasteiger partial charge in [-0.05, 0) is 0 Å². The highest BCUT2D eigenvalue weighted by molar-refractivity contribution is 6.48. The lowest BCUT2D eigenvalue weighted by Gasteiger charge is -2.11. The number of hydrogen-bond donors (Lipinski definition) is 3. The molecule has 0 atom stereocenters. The van der Waals surface area contributed by atoms with E-state index in [2.05, 4.69) is 4.43 Å². The number of rotatable bonds is 1. The van der Waals surface area contributed by atoms with Crippen molar-refractivity contribution in [1.29, 1.82) is 0 Å². The Kier molecular flexibility index (Phi) is 2.19. The molecule has 0 saturated carbocycles. The molecule has 3 N–H and O–H groups in total. The fraction of sp³-hybridized carbons (Fsp3) is 1.00. The van der Waals surface area contributed by atoms with Crippen molar-refractivity contribution in [3.8, 4) is 0 Å². The highest BCUT2D eigenvalue weighted by Gasteiger charge is 2.45. The van der Waals surface area contributed by atoms with E-state index in [4.69, 9.17) is 14.4 Å². The zero-order chi connectivity index (χ0) is 7.71. The molecule has 9 heavy (non-hydrogen) atoms. The molecule has 0 saturated heterocycles. The van der Waals surface area contributed by atoms with E-state index in [0.717, 1.165) is 0 Å². The molecule has 0 unspecified atom stereocenters. The maximum Gasteiger partial charge on any atom is 0.677 e. The second-order valence-electron chi connectivity index (χ2n) is 1.12. The van der Waals surface area contributed by atoms with E-state index in [9.17, 15) is 13.2 Å². The molecule has 0 fully saturated rings. The second kappa shape index (κ2) is 2.23. The summed E-state index contributed by atoms with van der Waals surface area (Å²) in [4.78, 5) is 23.0. The van der Waals surface area contributed by atoms with Gasteiger partial charge in [0.15, 0.2) is 0 Å². The molecule has 0 aromatic carbocycles. The Labute approximate surface area is 48.6 Å². The molecule has 0 bridgehead atoms. The molecule has 0 aliphatic carbocycles. The molecular weight excluding hydrogens is 161 g/mol. The predicted molar refractivity (Wildman–Crippen MR) is 19.6 cm³/mol. The SMILES string of the molecule is O[Si](O)(O)OC(F)(F)F. The van der Waals surface area contributed by atoms with Gasteiger partial charge in [-0.2, -0.15) is 0 Å². The summed E-state index contributed by atoms with van der Waals surface area (Å²) in [5.74, 6) is 0. The molecule has 0 aliphatic heterocycles. The average molecular weight is 164 g/mol. The summed E-state index contributed by atoms with van der Waals surface area (Å²) in [6.07, 6.45) is -5.20. The molecule has 0 radical (unpaired) electrons. The van der Waals surface area contributed by atoms with E-state index >= 15 is 0 Å². The molecule has 0 spiro atoms. The Morgan fingerprint density at radius 1 is 1.11 bits per heavy atom. The Bertz CT molecular complexity index is 81.0. The van der Waals surface area contributed by atoms with Gasteiger partial charge < -0.3 is 14.4 Å². The third-order valence-corrected chi connectivity index (χ3v) is 0.758. The van der Waals surface area contributed by atoms with Gasteiger partial charge in [0.05, 0.1) is 0 Å². The van der Waals surface area contributed by atoms with Crippen molar-refractivity contribution >= 4 is 9.05 Å². The zero-order valence-corrected chi connectivity index (χ0v) is 4.88. The topological polar surface area (TPSA) is 69.9 Å². The van der Waals surface area contributed by atoms with Gasteiger partial charge in [0.2, 0.25) is 0 Å². The Morgan fingerprint density at radius 3 is 1.44 bits per heavy atom. The van der Waals surface area contributed by atoms with E-state index < -0.39 is 15.4 Å². The number of hydrogen-bond acceptors (Lipinski definition) is 4. The summed E-state index contributed by atoms with van der Waals surface area (Å²) in [7, 11) is -5.42. The van der Waals surface area contributed by atoms with Crippen LogP contribution < -0.4 is 0 Å². The summed E-state index contributed by atoms with van der Waals surface area (Å²) in [6.45, 7) is 0. The van der Waals surface area contributed by atoms with Crippen LogP contribution in [0.15, 0.2) is 0 Å². The van der Waals surface area contributed by atoms with Crippen LogP contribution >= 0.6 is 0 Å². The van der Waals surface area contributed by atoms with Crippen LogP contribution in [0.5, 0.6) is 0 Å². The van der Waals surface area contributed by atoms with Gasteiger partial charge in [-0.1, -0.05) is 0 Å². The van der Waals surface area contributed by atoms with Crippen molar-refractivity contribution in [2.24, 2.45) is 0 Å². The Morgan fingerprint density at radius 2 is 1.44 bits per heavy atom. The van der Waals surface area contributed by atoms with Crippen LogP contribution in [-0.4, -0.2) is 29.8 Å². The van der Waals surface area contributed by atoms with Crippen molar-refractivity contribution in [3.63, 3.8) is 0 Å². The van der Waals surface area contributed by atoms with Gasteiger partial charge in [-0.25, -0.2) is 0 Å². The summed E-state index contributed by atoms with van der Waals surface area (Å²) in [6, 6.07) is 0. The van der Waals surface area contributed by atoms with Crippen LogP contribution in [0.4, 0.5) is 13.2 Å². The van der Waals surface area contributed by atoms with Crippen LogP contribution in [0.3, 0.4) is 0 Å². The van der Waals surface area contributed by atoms with E-state index in [1.165, 1.54) is 0 Å². The highest BCUT2D eigenvalue weighted by Crippen LogP contribution is 2.18. The molecular formula is CH3F3O4Si. The maximum absolute atomic E-state index is 10.9. The molecule has 0 aliphatic rings. The number of alkyl halides is 3. The smallest absolute Gasteiger partial charge is 0.367 e. The van der Waals surface area contributed by atoms with Crippen molar-refractivity contribution in [2.75, 3.05) is 0 Å². The summed E-state index contributed by atoms with van der Waals surface area (Å²) < 4.78 is 35.1. The largest absolute Gasteiger partial charge is 0.677 e. The monoisotopic (exact) mass is 164 g/mol. The molecule has 0 aromatic heterocycles. The average Bonchev–Trinajstić information content (AvgIpc) is 1.14. The van der Waals surface area contributed by atoms with E-state index in [0.29, 0.717) is 0 Å². The molecule has 8 heteroatoms. The van der Waals surface area contributed by atoms with E-state index in [1.54, 1.807) is 0 Å². The molecule has 0 rings (SSSR count). The minimum atomic E-state index is -5.42. The standard InChI is InChI=1S/CH3F3O4Si/c2-1(3,4)8-9(5,6)7/h5-7H. The first-order chi connectivity index (χ1) is 3.71. The summed E-state index contributed by atoms with van der Waals surface area (Å²) in [5, 5.41) is 0. The third kappa shape index (κ3) is 7.85. The van der Waals surface area contributed by atoms with E-state index in [1.807, 2.05) is 0 Å². The van der Waals surface area contributed by atoms with Crippen LogP contribution in [0.2, 0.25) is 0 Å². The van der Waals surface area contributed by atoms with Crippen LogP contribution in [0.1, 0.15) is 0 Å². The predicted octanol–water partition coefficient (Wildman–Crippen LogP) is -1.06. The lowest BCUT2D eigenvalue weighted by Crippen LogP contribution is -2.43. The van der Waals surface area contributed by atoms with Crippen LogP contribution in [0, 0.1) is 0 Å². The lowest BCUT2D eigenvalue weighted by molar-refractivity contribution is -0.302. The van der Waals surface area contributed by atoms with Gasteiger partial charge in [0.1, 0.15) is 0 Å². The fourth-order valence-electron chi connectivity index (χ4n) is 0.155. The van der Waals surface area contributed by atoms with Gasteiger partial charge >= 0.3 is 15.4 Å². The second-order valence-corrected chi connectivity index (χ2v) is 2.47. The first kappa shape index (κ1) is 8.85. The minimum Gasteiger partial charge on any atom is -0.367 e. The minimum absolute atomic E-state index is 2.43. The molecule has 4 nitrogen and oxygen atoms in total. The normalized spacial score (nSPS) is 14.0. The van der Waals surface area contributed by atoms with E-state index in [-0.39, 0.29) is 0 Å². The quantitative estimate of drug-likeness (QED) is 0.432. The summed E-state index contributed by atoms with van der Waals surface area (Å²) >= 11 is 0. The van der Waals surface area contributed by atoms with Gasteiger partial charge in [-0.15, -0.1) is 13.2 Å². The van der Waals surface area contributed by atoms with Gasteiger partial charge in [0.25, 0.3) is 0 Å². The fourth-order valence-corrected chi connectivity index (χ4v) is 0.466. The zero-order valence-electron chi connectivity index (χ0n) is 3.88. The molecule has 0 amide bonds. The van der Waals surface area contributed by atoms with Crippen molar-refractivity contribution in [2.45, 2.75) is 6.36 Å². The lowest BCUT2D eigenvalue weighted by atomic mass is 11.4. The Hall–Kier alpha value is -0.153. The van der Waals surface area contributed by atoms with Gasteiger partial charge in [-0.3, -0.25) is 4.43 Å². The first-order valence-corrected chi connectivity index (χ1v) is 3.40. The van der Waals surface area contributed by atoms with Crippen molar-refractivity contribution < 1.29 is 32.0 Å². The van der Waals surface area contributed by atoms with Crippen molar-refractivity contribution in [1.82, 2.24) is 0 Å². The number of halogens is 3. The highest BCUT2D eigenvalue weighted by atomic mass is 28.4. The van der Waals surface area contributed by atoms with Crippen LogP contribution in [-0.2, 0) is 4.43 Å². The maximum atomic E-state index is 10.9. The Balaban J connectivity index is 3.75. The van der Waals surface area contributed by atoms with Gasteiger partial charge in [0, 0.05) is 0 Å². The molecule has 0 heterocycles. The van der Waals surface area contributed by atoms with Crippen LogP contribution in [0.25, 0.3) is 0 Å². The third-order valence-electron chi connectivity index (χ3n) is 0.253. The first-order valence-electron chi connectivity index (χ1n) is 1.65. The summed E-state index contributed by atoms with van der Waals surface area (Å²) in [5.41, 5.74) is 0. The molecule has 56 valence electrons. The molecule has 0 aromatic rings.